The number of hydrogen-bond acceptors (Lipinski definition) is 4. The topological polar surface area (TPSA) is 84.6 Å². The Balaban J connectivity index is 2.41. The Hall–Kier alpha value is -3.26. The molecule has 0 aliphatic carbocycles. The molecule has 0 atom stereocenters. The molecule has 0 amide bonds. The number of aromatic carboxylic acids is 1. The van der Waals surface area contributed by atoms with Gasteiger partial charge in [0.2, 0.25) is 0 Å². The van der Waals surface area contributed by atoms with Crippen LogP contribution < -0.4 is 4.90 Å². The molecule has 2 aromatic rings. The summed E-state index contributed by atoms with van der Waals surface area (Å²) in [5, 5.41) is 27.9. The average Bonchev–Trinajstić information content (AvgIpc) is 2.54. The number of nitriles is 1. The second-order valence-corrected chi connectivity index (χ2v) is 5.19. The maximum atomic E-state index is 11.1. The maximum absolute atomic E-state index is 11.1. The Morgan fingerprint density at radius 1 is 1.17 bits per heavy atom. The monoisotopic (exact) mass is 308 g/mol. The Morgan fingerprint density at radius 3 is 2.35 bits per heavy atom. The lowest BCUT2D eigenvalue weighted by Crippen LogP contribution is -2.08. The molecule has 23 heavy (non-hydrogen) atoms. The van der Waals surface area contributed by atoms with Crippen LogP contribution in [-0.4, -0.2) is 30.3 Å². The molecule has 116 valence electrons. The van der Waals surface area contributed by atoms with Crippen molar-refractivity contribution in [3.8, 4) is 11.8 Å². The number of rotatable bonds is 4. The third-order valence-corrected chi connectivity index (χ3v) is 3.38. The van der Waals surface area contributed by atoms with Gasteiger partial charge in [-0.3, -0.25) is 0 Å². The van der Waals surface area contributed by atoms with E-state index in [2.05, 4.69) is 6.07 Å². The van der Waals surface area contributed by atoms with E-state index >= 15 is 0 Å². The first kappa shape index (κ1) is 16.1. The van der Waals surface area contributed by atoms with Gasteiger partial charge in [0.05, 0.1) is 11.6 Å². The number of allylic oxidation sites excluding steroid dienone is 1. The Labute approximate surface area is 134 Å². The number of phenols is 1. The molecule has 5 nitrogen and oxygen atoms in total. The lowest BCUT2D eigenvalue weighted by atomic mass is 10.0. The lowest BCUT2D eigenvalue weighted by Gasteiger charge is -2.12. The van der Waals surface area contributed by atoms with Crippen molar-refractivity contribution in [1.82, 2.24) is 0 Å². The van der Waals surface area contributed by atoms with Crippen molar-refractivity contribution in [3.05, 3.63) is 59.2 Å². The van der Waals surface area contributed by atoms with E-state index in [0.29, 0.717) is 11.1 Å². The van der Waals surface area contributed by atoms with Crippen molar-refractivity contribution in [2.24, 2.45) is 0 Å². The van der Waals surface area contributed by atoms with Gasteiger partial charge in [-0.25, -0.2) is 4.79 Å². The van der Waals surface area contributed by atoms with Gasteiger partial charge in [0.15, 0.2) is 0 Å². The van der Waals surface area contributed by atoms with E-state index in [4.69, 9.17) is 5.11 Å². The molecule has 0 saturated heterocycles. The van der Waals surface area contributed by atoms with Gasteiger partial charge < -0.3 is 15.1 Å². The molecule has 0 aromatic heterocycles. The highest BCUT2D eigenvalue weighted by atomic mass is 16.4. The third kappa shape index (κ3) is 3.69. The summed E-state index contributed by atoms with van der Waals surface area (Å²) in [6, 6.07) is 13.8. The zero-order valence-electron chi connectivity index (χ0n) is 12.8. The highest BCUT2D eigenvalue weighted by Gasteiger charge is 2.10. The quantitative estimate of drug-likeness (QED) is 0.669. The molecule has 2 N–H and O–H groups in total. The second-order valence-electron chi connectivity index (χ2n) is 5.19. The van der Waals surface area contributed by atoms with Crippen LogP contribution in [0.3, 0.4) is 0 Å². The van der Waals surface area contributed by atoms with Crippen LogP contribution in [0.2, 0.25) is 0 Å². The molecule has 0 aliphatic rings. The van der Waals surface area contributed by atoms with Gasteiger partial charge in [0, 0.05) is 19.8 Å². The van der Waals surface area contributed by atoms with Crippen LogP contribution in [0, 0.1) is 11.3 Å². The van der Waals surface area contributed by atoms with E-state index in [1.807, 2.05) is 43.3 Å². The summed E-state index contributed by atoms with van der Waals surface area (Å²) in [4.78, 5) is 13.0. The standard InChI is InChI=1S/C18H16N2O3/c1-20(2)15-6-4-13(5-7-15)14(11-19)9-12-3-8-17(21)16(10-12)18(22)23/h3-10,21H,1-2H3,(H,22,23). The van der Waals surface area contributed by atoms with Gasteiger partial charge in [-0.2, -0.15) is 5.26 Å². The van der Waals surface area contributed by atoms with E-state index in [0.717, 1.165) is 11.3 Å². The van der Waals surface area contributed by atoms with Gasteiger partial charge >= 0.3 is 5.97 Å². The van der Waals surface area contributed by atoms with Gasteiger partial charge in [-0.1, -0.05) is 18.2 Å². The van der Waals surface area contributed by atoms with Crippen LogP contribution in [0.4, 0.5) is 5.69 Å². The minimum Gasteiger partial charge on any atom is -0.507 e. The van der Waals surface area contributed by atoms with Crippen LogP contribution in [0.15, 0.2) is 42.5 Å². The molecular formula is C18H16N2O3. The second kappa shape index (κ2) is 6.67. The molecule has 0 fully saturated rings. The summed E-state index contributed by atoms with van der Waals surface area (Å²) in [6.07, 6.45) is 1.59. The molecule has 2 aromatic carbocycles. The molecule has 0 radical (unpaired) electrons. The minimum absolute atomic E-state index is 0.195. The van der Waals surface area contributed by atoms with Gasteiger partial charge in [0.1, 0.15) is 11.3 Å². The smallest absolute Gasteiger partial charge is 0.339 e. The highest BCUT2D eigenvalue weighted by molar-refractivity contribution is 5.94. The van der Waals surface area contributed by atoms with E-state index < -0.39 is 5.97 Å². The molecule has 0 unspecified atom stereocenters. The van der Waals surface area contributed by atoms with Crippen LogP contribution in [0.25, 0.3) is 11.6 Å². The van der Waals surface area contributed by atoms with Gasteiger partial charge in [-0.05, 0) is 41.5 Å². The molecule has 2 rings (SSSR count). The van der Waals surface area contributed by atoms with Crippen LogP contribution in [0.1, 0.15) is 21.5 Å². The molecular weight excluding hydrogens is 292 g/mol. The normalized spacial score (nSPS) is 10.9. The Kier molecular flexibility index (Phi) is 4.67. The predicted molar refractivity (Wildman–Crippen MR) is 89.3 cm³/mol. The summed E-state index contributed by atoms with van der Waals surface area (Å²) < 4.78 is 0. The number of anilines is 1. The van der Waals surface area contributed by atoms with E-state index in [9.17, 15) is 15.2 Å². The first-order valence-electron chi connectivity index (χ1n) is 6.88. The van der Waals surface area contributed by atoms with Crippen LogP contribution >= 0.6 is 0 Å². The number of hydrogen-bond donors (Lipinski definition) is 2. The summed E-state index contributed by atoms with van der Waals surface area (Å²) >= 11 is 0. The molecule has 0 heterocycles. The number of nitrogens with zero attached hydrogens (tertiary/aromatic N) is 2. The van der Waals surface area contributed by atoms with Crippen LogP contribution in [0.5, 0.6) is 5.75 Å². The van der Waals surface area contributed by atoms with Crippen molar-refractivity contribution in [3.63, 3.8) is 0 Å². The summed E-state index contributed by atoms with van der Waals surface area (Å²) in [5.41, 5.74) is 2.51. The predicted octanol–water partition coefficient (Wildman–Crippen LogP) is 3.22. The zero-order chi connectivity index (χ0) is 17.0. The first-order chi connectivity index (χ1) is 10.9. The molecule has 0 bridgehead atoms. The van der Waals surface area contributed by atoms with Crippen molar-refractivity contribution in [1.29, 1.82) is 5.26 Å². The van der Waals surface area contributed by atoms with Crippen molar-refractivity contribution >= 4 is 23.3 Å². The molecule has 5 heteroatoms. The van der Waals surface area contributed by atoms with Gasteiger partial charge in [-0.15, -0.1) is 0 Å². The van der Waals surface area contributed by atoms with E-state index in [1.165, 1.54) is 12.1 Å². The number of carboxylic acid groups (broad SMARTS) is 1. The number of benzene rings is 2. The number of carboxylic acids is 1. The molecule has 0 saturated carbocycles. The van der Waals surface area contributed by atoms with E-state index in [-0.39, 0.29) is 11.3 Å². The molecule has 0 aliphatic heterocycles. The first-order valence-corrected chi connectivity index (χ1v) is 6.88. The average molecular weight is 308 g/mol. The summed E-state index contributed by atoms with van der Waals surface area (Å²) in [7, 11) is 3.86. The number of carbonyl (C=O) groups is 1. The third-order valence-electron chi connectivity index (χ3n) is 3.38. The summed E-state index contributed by atoms with van der Waals surface area (Å²) in [5.74, 6) is -1.52. The Bertz CT molecular complexity index is 800. The minimum atomic E-state index is -1.22. The van der Waals surface area contributed by atoms with E-state index in [1.54, 1.807) is 12.1 Å². The lowest BCUT2D eigenvalue weighted by molar-refractivity contribution is 0.0693. The number of aromatic hydroxyl groups is 1. The fourth-order valence-electron chi connectivity index (χ4n) is 2.10. The SMILES string of the molecule is CN(C)c1ccc(C(C#N)=Cc2ccc(O)c(C(=O)O)c2)cc1. The largest absolute Gasteiger partial charge is 0.507 e. The van der Waals surface area contributed by atoms with Crippen LogP contribution in [-0.2, 0) is 0 Å². The van der Waals surface area contributed by atoms with Crippen molar-refractivity contribution in [2.45, 2.75) is 0 Å². The Morgan fingerprint density at radius 2 is 1.83 bits per heavy atom. The van der Waals surface area contributed by atoms with Gasteiger partial charge in [0.25, 0.3) is 0 Å². The highest BCUT2D eigenvalue weighted by Crippen LogP contribution is 2.24. The zero-order valence-corrected chi connectivity index (χ0v) is 12.8. The van der Waals surface area contributed by atoms with Crippen molar-refractivity contribution < 1.29 is 15.0 Å². The fraction of sp³-hybridized carbons (Fsp3) is 0.111. The fourth-order valence-corrected chi connectivity index (χ4v) is 2.10. The van der Waals surface area contributed by atoms with Crippen molar-refractivity contribution in [2.75, 3.05) is 19.0 Å². The summed E-state index contributed by atoms with van der Waals surface area (Å²) in [6.45, 7) is 0. The maximum Gasteiger partial charge on any atom is 0.339 e. The molecule has 0 spiro atoms.